The molecule has 0 bridgehead atoms. The van der Waals surface area contributed by atoms with Gasteiger partial charge in [-0.3, -0.25) is 0 Å². The summed E-state index contributed by atoms with van der Waals surface area (Å²) in [5.74, 6) is 1.40. The highest BCUT2D eigenvalue weighted by Crippen LogP contribution is 2.36. The van der Waals surface area contributed by atoms with E-state index >= 15 is 0 Å². The summed E-state index contributed by atoms with van der Waals surface area (Å²) in [5, 5.41) is 0. The van der Waals surface area contributed by atoms with E-state index in [0.717, 1.165) is 24.2 Å². The standard InChI is InChI=1S/C15H19ClN2O/c1-10-6-7-11-13(8-10)18(15(9-16)17-11)12-4-3-5-14(12)19-2/h6-8,12,14H,3-5,9H2,1-2H3. The SMILES string of the molecule is COC1CCCC1n1c(CCl)nc2ccc(C)cc21. The number of aromatic nitrogens is 2. The molecule has 1 aromatic carbocycles. The van der Waals surface area contributed by atoms with Crippen LogP contribution in [0.15, 0.2) is 18.2 Å². The van der Waals surface area contributed by atoms with E-state index in [1.54, 1.807) is 7.11 Å². The molecule has 3 nitrogen and oxygen atoms in total. The zero-order valence-electron chi connectivity index (χ0n) is 11.4. The normalized spacial score (nSPS) is 23.3. The van der Waals surface area contributed by atoms with Crippen molar-refractivity contribution >= 4 is 22.6 Å². The molecule has 1 fully saturated rings. The summed E-state index contributed by atoms with van der Waals surface area (Å²) in [6.45, 7) is 2.11. The van der Waals surface area contributed by atoms with Gasteiger partial charge in [0.15, 0.2) is 0 Å². The van der Waals surface area contributed by atoms with Crippen molar-refractivity contribution in [3.63, 3.8) is 0 Å². The van der Waals surface area contributed by atoms with E-state index in [2.05, 4.69) is 34.7 Å². The number of benzene rings is 1. The largest absolute Gasteiger partial charge is 0.379 e. The average molecular weight is 279 g/mol. The molecule has 0 aliphatic heterocycles. The van der Waals surface area contributed by atoms with Gasteiger partial charge in [0.05, 0.1) is 29.1 Å². The number of aryl methyl sites for hydroxylation is 1. The minimum atomic E-state index is 0.278. The number of hydrogen-bond donors (Lipinski definition) is 0. The summed E-state index contributed by atoms with van der Waals surface area (Å²) < 4.78 is 7.94. The predicted octanol–water partition coefficient (Wildman–Crippen LogP) is 3.82. The highest BCUT2D eigenvalue weighted by molar-refractivity contribution is 6.16. The van der Waals surface area contributed by atoms with Crippen LogP contribution in [0.2, 0.25) is 0 Å². The molecule has 19 heavy (non-hydrogen) atoms. The summed E-state index contributed by atoms with van der Waals surface area (Å²) in [6, 6.07) is 6.74. The number of methoxy groups -OCH3 is 1. The smallest absolute Gasteiger partial charge is 0.125 e. The Balaban J connectivity index is 2.17. The van der Waals surface area contributed by atoms with Crippen LogP contribution >= 0.6 is 11.6 Å². The number of fused-ring (bicyclic) bond motifs is 1. The summed E-state index contributed by atoms with van der Waals surface area (Å²) >= 11 is 6.09. The minimum Gasteiger partial charge on any atom is -0.379 e. The molecule has 1 aliphatic carbocycles. The van der Waals surface area contributed by atoms with Crippen molar-refractivity contribution in [2.75, 3.05) is 7.11 Å². The van der Waals surface area contributed by atoms with Crippen LogP contribution in [0.5, 0.6) is 0 Å². The Morgan fingerprint density at radius 2 is 2.26 bits per heavy atom. The zero-order valence-corrected chi connectivity index (χ0v) is 12.2. The Bertz CT molecular complexity index is 593. The molecule has 1 aromatic heterocycles. The molecule has 4 heteroatoms. The van der Waals surface area contributed by atoms with Gasteiger partial charge in [-0.1, -0.05) is 6.07 Å². The first-order valence-electron chi connectivity index (χ1n) is 6.81. The Labute approximate surface area is 118 Å². The number of nitrogens with zero attached hydrogens (tertiary/aromatic N) is 2. The fourth-order valence-electron chi connectivity index (χ4n) is 3.19. The fraction of sp³-hybridized carbons (Fsp3) is 0.533. The van der Waals surface area contributed by atoms with Gasteiger partial charge in [0.25, 0.3) is 0 Å². The molecule has 1 heterocycles. The highest BCUT2D eigenvalue weighted by atomic mass is 35.5. The maximum atomic E-state index is 6.09. The van der Waals surface area contributed by atoms with Crippen LogP contribution in [-0.4, -0.2) is 22.8 Å². The van der Waals surface area contributed by atoms with Gasteiger partial charge in [-0.2, -0.15) is 0 Å². The van der Waals surface area contributed by atoms with Gasteiger partial charge in [0.2, 0.25) is 0 Å². The molecule has 1 saturated carbocycles. The first-order chi connectivity index (χ1) is 9.24. The van der Waals surface area contributed by atoms with Gasteiger partial charge in [0.1, 0.15) is 5.82 Å². The van der Waals surface area contributed by atoms with Gasteiger partial charge in [-0.15, -0.1) is 11.6 Å². The van der Waals surface area contributed by atoms with Crippen molar-refractivity contribution in [1.29, 1.82) is 0 Å². The molecule has 0 saturated heterocycles. The van der Waals surface area contributed by atoms with E-state index < -0.39 is 0 Å². The first kappa shape index (κ1) is 12.9. The van der Waals surface area contributed by atoms with E-state index in [0.29, 0.717) is 11.9 Å². The predicted molar refractivity (Wildman–Crippen MR) is 77.7 cm³/mol. The molecule has 2 aromatic rings. The molecule has 1 aliphatic rings. The monoisotopic (exact) mass is 278 g/mol. The molecule has 2 unspecified atom stereocenters. The molecule has 0 N–H and O–H groups in total. The van der Waals surface area contributed by atoms with Gasteiger partial charge in [-0.05, 0) is 43.9 Å². The Hall–Kier alpha value is -1.06. The van der Waals surface area contributed by atoms with Crippen LogP contribution in [0.4, 0.5) is 0 Å². The van der Waals surface area contributed by atoms with E-state index in [4.69, 9.17) is 16.3 Å². The lowest BCUT2D eigenvalue weighted by molar-refractivity contribution is 0.0755. The average Bonchev–Trinajstić information content (AvgIpc) is 3.00. The van der Waals surface area contributed by atoms with Crippen molar-refractivity contribution in [3.8, 4) is 0 Å². The molecule has 2 atom stereocenters. The lowest BCUT2D eigenvalue weighted by Gasteiger charge is -2.22. The summed E-state index contributed by atoms with van der Waals surface area (Å²) in [6.07, 6.45) is 3.74. The van der Waals surface area contributed by atoms with E-state index in [1.807, 2.05) is 0 Å². The quantitative estimate of drug-likeness (QED) is 0.798. The number of hydrogen-bond acceptors (Lipinski definition) is 2. The van der Waals surface area contributed by atoms with Crippen LogP contribution in [0.1, 0.15) is 36.7 Å². The van der Waals surface area contributed by atoms with Crippen LogP contribution < -0.4 is 0 Å². The van der Waals surface area contributed by atoms with Crippen molar-refractivity contribution in [1.82, 2.24) is 9.55 Å². The fourth-order valence-corrected chi connectivity index (χ4v) is 3.38. The molecule has 3 rings (SSSR count). The van der Waals surface area contributed by atoms with E-state index in [9.17, 15) is 0 Å². The molecule has 0 spiro atoms. The van der Waals surface area contributed by atoms with Crippen molar-refractivity contribution in [3.05, 3.63) is 29.6 Å². The number of rotatable bonds is 3. The maximum absolute atomic E-state index is 6.09. The summed E-state index contributed by atoms with van der Waals surface area (Å²) in [5.41, 5.74) is 3.47. The second kappa shape index (κ2) is 5.14. The van der Waals surface area contributed by atoms with Crippen LogP contribution in [0.25, 0.3) is 11.0 Å². The summed E-state index contributed by atoms with van der Waals surface area (Å²) in [4.78, 5) is 4.66. The lowest BCUT2D eigenvalue weighted by atomic mass is 10.1. The zero-order chi connectivity index (χ0) is 13.4. The van der Waals surface area contributed by atoms with Crippen molar-refractivity contribution in [2.45, 2.75) is 44.2 Å². The third-order valence-electron chi connectivity index (χ3n) is 4.09. The maximum Gasteiger partial charge on any atom is 0.125 e. The van der Waals surface area contributed by atoms with Crippen LogP contribution in [0.3, 0.4) is 0 Å². The van der Waals surface area contributed by atoms with Gasteiger partial charge < -0.3 is 9.30 Å². The lowest BCUT2D eigenvalue weighted by Crippen LogP contribution is -2.22. The second-order valence-corrected chi connectivity index (χ2v) is 5.56. The Morgan fingerprint density at radius 1 is 1.42 bits per heavy atom. The van der Waals surface area contributed by atoms with E-state index in [1.165, 1.54) is 17.5 Å². The van der Waals surface area contributed by atoms with Crippen molar-refractivity contribution < 1.29 is 4.74 Å². The number of imidazole rings is 1. The van der Waals surface area contributed by atoms with E-state index in [-0.39, 0.29) is 6.10 Å². The second-order valence-electron chi connectivity index (χ2n) is 5.30. The number of halogens is 1. The van der Waals surface area contributed by atoms with Crippen molar-refractivity contribution in [2.24, 2.45) is 0 Å². The third-order valence-corrected chi connectivity index (χ3v) is 4.33. The molecular formula is C15H19ClN2O. The molecule has 0 radical (unpaired) electrons. The van der Waals surface area contributed by atoms with Crippen LogP contribution in [0, 0.1) is 6.92 Å². The third kappa shape index (κ3) is 2.15. The molecule has 102 valence electrons. The van der Waals surface area contributed by atoms with Gasteiger partial charge in [-0.25, -0.2) is 4.98 Å². The number of alkyl halides is 1. The van der Waals surface area contributed by atoms with Gasteiger partial charge >= 0.3 is 0 Å². The van der Waals surface area contributed by atoms with Crippen LogP contribution in [-0.2, 0) is 10.6 Å². The first-order valence-corrected chi connectivity index (χ1v) is 7.34. The molecule has 0 amide bonds. The molecular weight excluding hydrogens is 260 g/mol. The van der Waals surface area contributed by atoms with Gasteiger partial charge in [0, 0.05) is 7.11 Å². The minimum absolute atomic E-state index is 0.278. The Morgan fingerprint density at radius 3 is 3.00 bits per heavy atom. The highest BCUT2D eigenvalue weighted by Gasteiger charge is 2.31. The topological polar surface area (TPSA) is 27.1 Å². The number of ether oxygens (including phenoxy) is 1. The Kier molecular flexibility index (Phi) is 3.50. The summed E-state index contributed by atoms with van der Waals surface area (Å²) in [7, 11) is 1.80.